The monoisotopic (exact) mass is 552 g/mol. The molecule has 40 heavy (non-hydrogen) atoms. The highest BCUT2D eigenvalue weighted by molar-refractivity contribution is 6.45. The van der Waals surface area contributed by atoms with E-state index in [2.05, 4.69) is 0 Å². The summed E-state index contributed by atoms with van der Waals surface area (Å²) in [4.78, 5) is 56.8. The molecule has 2 aromatic rings. The predicted octanol–water partition coefficient (Wildman–Crippen LogP) is 3.74. The van der Waals surface area contributed by atoms with E-state index in [1.54, 1.807) is 53.7 Å². The minimum atomic E-state index is -2.70. The van der Waals surface area contributed by atoms with E-state index in [0.29, 0.717) is 11.5 Å². The second-order valence-electron chi connectivity index (χ2n) is 12.2. The number of hydrogen-bond donors (Lipinski definition) is 0. The molecule has 5 rings (SSSR count). The van der Waals surface area contributed by atoms with E-state index in [1.165, 1.54) is 50.6 Å². The quantitative estimate of drug-likeness (QED) is 0.217. The van der Waals surface area contributed by atoms with E-state index in [9.17, 15) is 19.2 Å². The third-order valence-corrected chi connectivity index (χ3v) is 7.60. The fraction of sp³-hybridized carbons (Fsp3) is 0.467. The van der Waals surface area contributed by atoms with Crippen LogP contribution in [0, 0.1) is 10.8 Å². The molecule has 0 radical (unpaired) electrons. The van der Waals surface area contributed by atoms with E-state index in [-0.39, 0.29) is 11.1 Å². The van der Waals surface area contributed by atoms with Gasteiger partial charge in [0.05, 0.1) is 14.2 Å². The Morgan fingerprint density at radius 2 is 1.27 bits per heavy atom. The molecule has 0 amide bonds. The minimum Gasteiger partial charge on any atom is -0.497 e. The molecule has 0 N–H and O–H groups in total. The van der Waals surface area contributed by atoms with Gasteiger partial charge in [-0.3, -0.25) is 28.6 Å². The average Bonchev–Trinajstić information content (AvgIpc) is 3.44. The predicted molar refractivity (Wildman–Crippen MR) is 138 cm³/mol. The van der Waals surface area contributed by atoms with Gasteiger partial charge in [-0.1, -0.05) is 41.5 Å². The molecule has 10 nitrogen and oxygen atoms in total. The molecular formula is C30H32O10. The second kappa shape index (κ2) is 8.45. The van der Waals surface area contributed by atoms with Crippen LogP contribution < -0.4 is 9.47 Å². The van der Waals surface area contributed by atoms with Gasteiger partial charge >= 0.3 is 5.97 Å². The number of rotatable bonds is 7. The number of Topliss-reactive ketones (excluding diaryl/α,β-unsaturated/α-hetero) is 3. The molecule has 3 aliphatic heterocycles. The molecule has 2 aromatic carbocycles. The lowest BCUT2D eigenvalue weighted by atomic mass is 9.67. The Morgan fingerprint density at radius 3 is 1.75 bits per heavy atom. The van der Waals surface area contributed by atoms with Gasteiger partial charge in [0.15, 0.2) is 0 Å². The minimum absolute atomic E-state index is 0.0128. The highest BCUT2D eigenvalue weighted by atomic mass is 17.0. The Balaban J connectivity index is 1.85. The zero-order chi connectivity index (χ0) is 29.5. The smallest absolute Gasteiger partial charge is 0.353 e. The number of carbonyl (C=O) groups is 4. The van der Waals surface area contributed by atoms with Crippen molar-refractivity contribution in [2.24, 2.45) is 10.8 Å². The van der Waals surface area contributed by atoms with Crippen molar-refractivity contribution in [1.82, 2.24) is 0 Å². The SMILES string of the molecule is COc1ccc(C(=O)[C@@]23O[C@@]4(C(C)(C)C)O[C@@](c5ccc(OC)cc5)(OC2=O)[C@]3(C(=O)C(=O)C(C)(C)C)O4)cc1. The molecule has 0 unspecified atom stereocenters. The Hall–Kier alpha value is -3.60. The van der Waals surface area contributed by atoms with Gasteiger partial charge in [-0.15, -0.1) is 0 Å². The van der Waals surface area contributed by atoms with Gasteiger partial charge in [0.25, 0.3) is 23.0 Å². The molecule has 4 atom stereocenters. The van der Waals surface area contributed by atoms with E-state index < -0.39 is 57.1 Å². The van der Waals surface area contributed by atoms with Crippen LogP contribution >= 0.6 is 0 Å². The molecule has 0 aromatic heterocycles. The molecule has 3 fully saturated rings. The Kier molecular flexibility index (Phi) is 5.91. The number of benzene rings is 2. The summed E-state index contributed by atoms with van der Waals surface area (Å²) < 4.78 is 35.4. The van der Waals surface area contributed by atoms with Gasteiger partial charge in [0.2, 0.25) is 17.3 Å². The van der Waals surface area contributed by atoms with Crippen LogP contribution in [0.15, 0.2) is 48.5 Å². The maximum atomic E-state index is 14.5. The van der Waals surface area contributed by atoms with Gasteiger partial charge in [0, 0.05) is 22.0 Å². The molecule has 3 heterocycles. The summed E-state index contributed by atoms with van der Waals surface area (Å²) in [6.07, 6.45) is 0. The van der Waals surface area contributed by atoms with E-state index >= 15 is 0 Å². The van der Waals surface area contributed by atoms with Crippen molar-refractivity contribution in [2.45, 2.75) is 64.5 Å². The second-order valence-corrected chi connectivity index (χ2v) is 12.2. The number of esters is 1. The third kappa shape index (κ3) is 3.27. The summed E-state index contributed by atoms with van der Waals surface area (Å²) >= 11 is 0. The Bertz CT molecular complexity index is 1410. The highest BCUT2D eigenvalue weighted by Gasteiger charge is 2.98. The third-order valence-electron chi connectivity index (χ3n) is 7.60. The lowest BCUT2D eigenvalue weighted by Crippen LogP contribution is -2.71. The lowest BCUT2D eigenvalue weighted by molar-refractivity contribution is -0.399. The average molecular weight is 553 g/mol. The topological polar surface area (TPSA) is 124 Å². The summed E-state index contributed by atoms with van der Waals surface area (Å²) in [7, 11) is 2.95. The van der Waals surface area contributed by atoms with Crippen LogP contribution in [0.5, 0.6) is 11.5 Å². The first-order chi connectivity index (χ1) is 18.5. The maximum Gasteiger partial charge on any atom is 0.353 e. The normalized spacial score (nSPS) is 30.6. The largest absolute Gasteiger partial charge is 0.497 e. The first-order valence-electron chi connectivity index (χ1n) is 12.8. The van der Waals surface area contributed by atoms with Crippen LogP contribution in [-0.2, 0) is 39.1 Å². The molecule has 10 heteroatoms. The summed E-state index contributed by atoms with van der Waals surface area (Å²) in [5.74, 6) is -7.72. The number of hydrogen-bond acceptors (Lipinski definition) is 10. The van der Waals surface area contributed by atoms with Gasteiger partial charge in [-0.05, 0) is 48.5 Å². The lowest BCUT2D eigenvalue weighted by Gasteiger charge is -2.43. The van der Waals surface area contributed by atoms with Crippen LogP contribution in [0.4, 0.5) is 0 Å². The first-order valence-corrected chi connectivity index (χ1v) is 12.8. The Morgan fingerprint density at radius 1 is 0.750 bits per heavy atom. The van der Waals surface area contributed by atoms with E-state index in [1.807, 2.05) is 0 Å². The number of fused-ring (bicyclic) bond motifs is 1. The van der Waals surface area contributed by atoms with Gasteiger partial charge in [0.1, 0.15) is 11.5 Å². The van der Waals surface area contributed by atoms with Crippen molar-refractivity contribution in [3.8, 4) is 11.5 Å². The van der Waals surface area contributed by atoms with E-state index in [0.717, 1.165) is 0 Å². The number of ether oxygens (including phenoxy) is 6. The van der Waals surface area contributed by atoms with Crippen molar-refractivity contribution < 1.29 is 47.6 Å². The van der Waals surface area contributed by atoms with Crippen molar-refractivity contribution >= 4 is 23.3 Å². The number of methoxy groups -OCH3 is 2. The highest BCUT2D eigenvalue weighted by Crippen LogP contribution is 2.72. The molecule has 0 aliphatic carbocycles. The van der Waals surface area contributed by atoms with Crippen LogP contribution in [0.3, 0.4) is 0 Å². The molecule has 3 saturated heterocycles. The molecule has 3 aliphatic rings. The van der Waals surface area contributed by atoms with Crippen molar-refractivity contribution in [3.05, 3.63) is 59.7 Å². The van der Waals surface area contributed by atoms with Crippen molar-refractivity contribution in [2.75, 3.05) is 14.2 Å². The fourth-order valence-corrected chi connectivity index (χ4v) is 5.34. The van der Waals surface area contributed by atoms with Crippen LogP contribution in [0.25, 0.3) is 0 Å². The standard InChI is InChI=1S/C30H32O10/c1-25(2,3)22(32)23(33)28-27(21(31)17-9-13-19(35-7)14-10-17)24(34)37-29(28,18-11-15-20(36-8)16-12-18)40-30(38-27,39-28)26(4,5)6/h9-16H,1-8H3/t27-,28-,29-,30-/m1/s1. The first kappa shape index (κ1) is 27.9. The summed E-state index contributed by atoms with van der Waals surface area (Å²) in [6.45, 7) is 9.74. The molecular weight excluding hydrogens is 520 g/mol. The number of carbonyl (C=O) groups excluding carboxylic acids is 4. The summed E-state index contributed by atoms with van der Waals surface area (Å²) in [5, 5.41) is 0. The zero-order valence-corrected chi connectivity index (χ0v) is 23.7. The zero-order valence-electron chi connectivity index (χ0n) is 23.7. The van der Waals surface area contributed by atoms with Gasteiger partial charge in [-0.2, -0.15) is 0 Å². The van der Waals surface area contributed by atoms with Gasteiger partial charge in [-0.25, -0.2) is 4.79 Å². The molecule has 212 valence electrons. The maximum absolute atomic E-state index is 14.5. The molecule has 0 saturated carbocycles. The van der Waals surface area contributed by atoms with Crippen LogP contribution in [-0.4, -0.2) is 54.7 Å². The van der Waals surface area contributed by atoms with E-state index in [4.69, 9.17) is 28.4 Å². The molecule has 0 spiro atoms. The van der Waals surface area contributed by atoms with Crippen LogP contribution in [0.1, 0.15) is 57.5 Å². The summed E-state index contributed by atoms with van der Waals surface area (Å²) in [5.41, 5.74) is -7.47. The van der Waals surface area contributed by atoms with Crippen molar-refractivity contribution in [1.29, 1.82) is 0 Å². The Labute approximate surface area is 231 Å². The molecule has 2 bridgehead atoms. The number of ketones is 3. The van der Waals surface area contributed by atoms with Crippen LogP contribution in [0.2, 0.25) is 0 Å². The van der Waals surface area contributed by atoms with Gasteiger partial charge < -0.3 is 14.2 Å². The summed E-state index contributed by atoms with van der Waals surface area (Å²) in [6, 6.07) is 12.1. The fourth-order valence-electron chi connectivity index (χ4n) is 5.34. The van der Waals surface area contributed by atoms with Crippen molar-refractivity contribution in [3.63, 3.8) is 0 Å².